The number of fused-ring (bicyclic) bond motifs is 1. The SMILES string of the molecule is COc1ccc2nc(Cl)c(CCNC(C)=O)cc2c1. The summed E-state index contributed by atoms with van der Waals surface area (Å²) < 4.78 is 5.19. The topological polar surface area (TPSA) is 51.2 Å². The molecular weight excluding hydrogens is 264 g/mol. The maximum absolute atomic E-state index is 10.8. The first-order valence-corrected chi connectivity index (χ1v) is 6.35. The van der Waals surface area contributed by atoms with Crippen LogP contribution in [0.1, 0.15) is 12.5 Å². The zero-order valence-corrected chi connectivity index (χ0v) is 11.6. The summed E-state index contributed by atoms with van der Waals surface area (Å²) in [5.74, 6) is 0.732. The van der Waals surface area contributed by atoms with E-state index in [9.17, 15) is 4.79 Å². The number of ether oxygens (including phenoxy) is 1. The number of carbonyl (C=O) groups excluding carboxylic acids is 1. The quantitative estimate of drug-likeness (QED) is 0.875. The van der Waals surface area contributed by atoms with Gasteiger partial charge in [-0.25, -0.2) is 4.98 Å². The second kappa shape index (κ2) is 5.89. The maximum atomic E-state index is 10.8. The van der Waals surface area contributed by atoms with Crippen LogP contribution < -0.4 is 10.1 Å². The molecule has 0 radical (unpaired) electrons. The van der Waals surface area contributed by atoms with Crippen LogP contribution in [0.3, 0.4) is 0 Å². The zero-order valence-electron chi connectivity index (χ0n) is 10.9. The van der Waals surface area contributed by atoms with E-state index in [2.05, 4.69) is 10.3 Å². The number of nitrogens with zero attached hydrogens (tertiary/aromatic N) is 1. The van der Waals surface area contributed by atoms with Gasteiger partial charge in [0.05, 0.1) is 12.6 Å². The van der Waals surface area contributed by atoms with Gasteiger partial charge in [0.15, 0.2) is 0 Å². The Bertz CT molecular complexity index is 614. The monoisotopic (exact) mass is 278 g/mol. The number of halogens is 1. The Morgan fingerprint density at radius 1 is 1.42 bits per heavy atom. The molecule has 0 fully saturated rings. The molecule has 1 N–H and O–H groups in total. The highest BCUT2D eigenvalue weighted by Crippen LogP contribution is 2.24. The highest BCUT2D eigenvalue weighted by atomic mass is 35.5. The molecule has 2 aromatic rings. The van der Waals surface area contributed by atoms with Crippen LogP contribution in [0.15, 0.2) is 24.3 Å². The predicted molar refractivity (Wildman–Crippen MR) is 75.7 cm³/mol. The maximum Gasteiger partial charge on any atom is 0.216 e. The fourth-order valence-corrected chi connectivity index (χ4v) is 2.09. The number of hydrogen-bond acceptors (Lipinski definition) is 3. The van der Waals surface area contributed by atoms with E-state index >= 15 is 0 Å². The van der Waals surface area contributed by atoms with E-state index in [1.807, 2.05) is 24.3 Å². The molecule has 0 saturated heterocycles. The molecular formula is C14H15ClN2O2. The van der Waals surface area contributed by atoms with Gasteiger partial charge in [0.1, 0.15) is 10.9 Å². The summed E-state index contributed by atoms with van der Waals surface area (Å²) in [7, 11) is 1.63. The molecule has 0 aliphatic rings. The molecule has 4 nitrogen and oxygen atoms in total. The molecule has 0 unspecified atom stereocenters. The van der Waals surface area contributed by atoms with Crippen molar-refractivity contribution in [1.82, 2.24) is 10.3 Å². The molecule has 2 rings (SSSR count). The van der Waals surface area contributed by atoms with Crippen molar-refractivity contribution in [1.29, 1.82) is 0 Å². The fourth-order valence-electron chi connectivity index (χ4n) is 1.85. The van der Waals surface area contributed by atoms with Gasteiger partial charge in [-0.1, -0.05) is 11.6 Å². The number of amides is 1. The largest absolute Gasteiger partial charge is 0.497 e. The van der Waals surface area contributed by atoms with Crippen LogP contribution in [0, 0.1) is 0 Å². The minimum atomic E-state index is -0.0495. The lowest BCUT2D eigenvalue weighted by atomic mass is 10.1. The molecule has 0 aliphatic heterocycles. The molecule has 0 atom stereocenters. The van der Waals surface area contributed by atoms with Crippen LogP contribution in [0.4, 0.5) is 0 Å². The Labute approximate surface area is 116 Å². The first-order chi connectivity index (χ1) is 9.10. The Morgan fingerprint density at radius 2 is 2.21 bits per heavy atom. The highest BCUT2D eigenvalue weighted by Gasteiger charge is 2.06. The van der Waals surface area contributed by atoms with Crippen molar-refractivity contribution >= 4 is 28.4 Å². The summed E-state index contributed by atoms with van der Waals surface area (Å²) in [6, 6.07) is 7.62. The summed E-state index contributed by atoms with van der Waals surface area (Å²) in [6.45, 7) is 2.04. The van der Waals surface area contributed by atoms with Crippen LogP contribution in [-0.4, -0.2) is 24.5 Å². The van der Waals surface area contributed by atoms with Crippen LogP contribution in [-0.2, 0) is 11.2 Å². The van der Waals surface area contributed by atoms with E-state index in [1.165, 1.54) is 6.92 Å². The molecule has 0 spiro atoms. The molecule has 5 heteroatoms. The number of benzene rings is 1. The minimum absolute atomic E-state index is 0.0495. The van der Waals surface area contributed by atoms with E-state index < -0.39 is 0 Å². The standard InChI is InChI=1S/C14H15ClN2O2/c1-9(18)16-6-5-10-7-11-8-12(19-2)3-4-13(11)17-14(10)15/h3-4,7-8H,5-6H2,1-2H3,(H,16,18). The fraction of sp³-hybridized carbons (Fsp3) is 0.286. The summed E-state index contributed by atoms with van der Waals surface area (Å²) in [4.78, 5) is 15.2. The van der Waals surface area contributed by atoms with Gasteiger partial charge in [-0.3, -0.25) is 4.79 Å². The van der Waals surface area contributed by atoms with Crippen molar-refractivity contribution in [3.05, 3.63) is 35.0 Å². The molecule has 1 heterocycles. The van der Waals surface area contributed by atoms with E-state index in [1.54, 1.807) is 7.11 Å². The average Bonchev–Trinajstić information content (AvgIpc) is 2.38. The van der Waals surface area contributed by atoms with E-state index in [-0.39, 0.29) is 5.91 Å². The second-order valence-corrected chi connectivity index (χ2v) is 4.59. The molecule has 19 heavy (non-hydrogen) atoms. The van der Waals surface area contributed by atoms with E-state index in [0.29, 0.717) is 18.1 Å². The Kier molecular flexibility index (Phi) is 4.22. The van der Waals surface area contributed by atoms with Crippen molar-refractivity contribution in [3.63, 3.8) is 0 Å². The van der Waals surface area contributed by atoms with E-state index in [0.717, 1.165) is 22.2 Å². The minimum Gasteiger partial charge on any atom is -0.497 e. The lowest BCUT2D eigenvalue weighted by Crippen LogP contribution is -2.22. The highest BCUT2D eigenvalue weighted by molar-refractivity contribution is 6.30. The third kappa shape index (κ3) is 3.35. The van der Waals surface area contributed by atoms with E-state index in [4.69, 9.17) is 16.3 Å². The Hall–Kier alpha value is -1.81. The van der Waals surface area contributed by atoms with Crippen molar-refractivity contribution in [2.24, 2.45) is 0 Å². The lowest BCUT2D eigenvalue weighted by molar-refractivity contribution is -0.118. The zero-order chi connectivity index (χ0) is 13.8. The summed E-state index contributed by atoms with van der Waals surface area (Å²) >= 11 is 6.14. The van der Waals surface area contributed by atoms with Crippen molar-refractivity contribution < 1.29 is 9.53 Å². The lowest BCUT2D eigenvalue weighted by Gasteiger charge is -2.08. The van der Waals surface area contributed by atoms with Crippen molar-refractivity contribution in [3.8, 4) is 5.75 Å². The van der Waals surface area contributed by atoms with Crippen molar-refractivity contribution in [2.45, 2.75) is 13.3 Å². The first-order valence-electron chi connectivity index (χ1n) is 5.98. The number of carbonyl (C=O) groups is 1. The van der Waals surface area contributed by atoms with Gasteiger partial charge >= 0.3 is 0 Å². The number of nitrogens with one attached hydrogen (secondary N) is 1. The van der Waals surface area contributed by atoms with Gasteiger partial charge in [-0.2, -0.15) is 0 Å². The van der Waals surface area contributed by atoms with Gasteiger partial charge in [0.25, 0.3) is 0 Å². The van der Waals surface area contributed by atoms with Gasteiger partial charge in [0.2, 0.25) is 5.91 Å². The average molecular weight is 279 g/mol. The molecule has 0 saturated carbocycles. The summed E-state index contributed by atoms with van der Waals surface area (Å²) in [5.41, 5.74) is 1.74. The Balaban J connectivity index is 2.28. The number of hydrogen-bond donors (Lipinski definition) is 1. The molecule has 1 aromatic carbocycles. The third-order valence-corrected chi connectivity index (χ3v) is 3.14. The van der Waals surface area contributed by atoms with Crippen LogP contribution in [0.25, 0.3) is 10.9 Å². The smallest absolute Gasteiger partial charge is 0.216 e. The normalized spacial score (nSPS) is 10.5. The summed E-state index contributed by atoms with van der Waals surface area (Å²) in [5, 5.41) is 4.19. The van der Waals surface area contributed by atoms with Gasteiger partial charge in [-0.15, -0.1) is 0 Å². The molecule has 0 aliphatic carbocycles. The van der Waals surface area contributed by atoms with Gasteiger partial charge in [-0.05, 0) is 36.2 Å². The number of methoxy groups -OCH3 is 1. The van der Waals surface area contributed by atoms with Gasteiger partial charge in [0, 0.05) is 18.9 Å². The number of pyridine rings is 1. The predicted octanol–water partition coefficient (Wildman–Crippen LogP) is 2.58. The first kappa shape index (κ1) is 13.6. The van der Waals surface area contributed by atoms with Crippen molar-refractivity contribution in [2.75, 3.05) is 13.7 Å². The number of aromatic nitrogens is 1. The van der Waals surface area contributed by atoms with Crippen LogP contribution in [0.2, 0.25) is 5.15 Å². The third-order valence-electron chi connectivity index (χ3n) is 2.82. The second-order valence-electron chi connectivity index (χ2n) is 4.23. The molecule has 1 amide bonds. The van der Waals surface area contributed by atoms with Gasteiger partial charge < -0.3 is 10.1 Å². The van der Waals surface area contributed by atoms with Crippen LogP contribution in [0.5, 0.6) is 5.75 Å². The molecule has 1 aromatic heterocycles. The number of rotatable bonds is 4. The molecule has 0 bridgehead atoms. The molecule has 100 valence electrons. The Morgan fingerprint density at radius 3 is 2.89 bits per heavy atom. The summed E-state index contributed by atoms with van der Waals surface area (Å²) in [6.07, 6.45) is 0.651. The van der Waals surface area contributed by atoms with Crippen LogP contribution >= 0.6 is 11.6 Å².